The first-order chi connectivity index (χ1) is 10.6. The van der Waals surface area contributed by atoms with Crippen molar-refractivity contribution in [1.29, 1.82) is 0 Å². The molecule has 2 rings (SSSR count). The van der Waals surface area contributed by atoms with Crippen molar-refractivity contribution in [3.63, 3.8) is 0 Å². The van der Waals surface area contributed by atoms with E-state index in [9.17, 15) is 9.59 Å². The van der Waals surface area contributed by atoms with E-state index in [0.29, 0.717) is 25.4 Å². The van der Waals surface area contributed by atoms with Crippen molar-refractivity contribution in [1.82, 2.24) is 4.90 Å². The van der Waals surface area contributed by atoms with Crippen molar-refractivity contribution in [2.45, 2.75) is 19.8 Å². The second-order valence-electron chi connectivity index (χ2n) is 5.20. The fourth-order valence-corrected chi connectivity index (χ4v) is 2.49. The third-order valence-corrected chi connectivity index (χ3v) is 3.67. The number of carbonyl (C=O) groups excluding carboxylic acids is 2. The topological polar surface area (TPSA) is 67.9 Å². The van der Waals surface area contributed by atoms with E-state index in [2.05, 4.69) is 5.32 Å². The summed E-state index contributed by atoms with van der Waals surface area (Å²) in [4.78, 5) is 25.7. The number of piperidine rings is 1. The number of amides is 2. The van der Waals surface area contributed by atoms with Gasteiger partial charge in [0.15, 0.2) is 0 Å². The summed E-state index contributed by atoms with van der Waals surface area (Å²) in [7, 11) is 1.59. The Hall–Kier alpha value is -2.24. The van der Waals surface area contributed by atoms with Gasteiger partial charge in [-0.05, 0) is 44.0 Å². The minimum absolute atomic E-state index is 0.195. The van der Waals surface area contributed by atoms with Gasteiger partial charge in [0.25, 0.3) is 0 Å². The van der Waals surface area contributed by atoms with E-state index in [-0.39, 0.29) is 17.9 Å². The number of nitrogens with one attached hydrogen (secondary N) is 1. The Morgan fingerprint density at radius 2 is 2.05 bits per heavy atom. The van der Waals surface area contributed by atoms with Crippen LogP contribution in [0.3, 0.4) is 0 Å². The van der Waals surface area contributed by atoms with Crippen LogP contribution in [-0.2, 0) is 9.53 Å². The molecular formula is C16H22N2O4. The number of rotatable bonds is 4. The summed E-state index contributed by atoms with van der Waals surface area (Å²) in [6.07, 6.45) is 1.57. The molecule has 1 aromatic carbocycles. The van der Waals surface area contributed by atoms with Crippen LogP contribution in [0.1, 0.15) is 19.8 Å². The highest BCUT2D eigenvalue weighted by molar-refractivity contribution is 5.89. The van der Waals surface area contributed by atoms with Crippen LogP contribution in [0.25, 0.3) is 0 Å². The molecule has 1 heterocycles. The highest BCUT2D eigenvalue weighted by Gasteiger charge is 2.29. The Morgan fingerprint density at radius 3 is 2.68 bits per heavy atom. The zero-order valence-corrected chi connectivity index (χ0v) is 13.0. The zero-order chi connectivity index (χ0) is 15.9. The van der Waals surface area contributed by atoms with Crippen molar-refractivity contribution in [2.75, 3.05) is 32.1 Å². The summed E-state index contributed by atoms with van der Waals surface area (Å²) in [6.45, 7) is 3.21. The van der Waals surface area contributed by atoms with Gasteiger partial charge in [-0.3, -0.25) is 4.79 Å². The summed E-state index contributed by atoms with van der Waals surface area (Å²) in [5.74, 6) is 0.290. The maximum absolute atomic E-state index is 12.3. The second kappa shape index (κ2) is 7.68. The van der Waals surface area contributed by atoms with E-state index in [0.717, 1.165) is 18.6 Å². The van der Waals surface area contributed by atoms with Gasteiger partial charge in [0, 0.05) is 18.8 Å². The summed E-state index contributed by atoms with van der Waals surface area (Å²) in [5, 5.41) is 2.83. The Bertz CT molecular complexity index is 515. The van der Waals surface area contributed by atoms with E-state index < -0.39 is 0 Å². The Morgan fingerprint density at radius 1 is 1.32 bits per heavy atom. The van der Waals surface area contributed by atoms with E-state index in [4.69, 9.17) is 9.47 Å². The number of carbonyl (C=O) groups is 2. The molecule has 1 fully saturated rings. The summed E-state index contributed by atoms with van der Waals surface area (Å²) in [6, 6.07) is 6.94. The molecule has 0 radical (unpaired) electrons. The first-order valence-corrected chi connectivity index (χ1v) is 7.50. The highest BCUT2D eigenvalue weighted by atomic mass is 16.5. The van der Waals surface area contributed by atoms with Crippen LogP contribution in [0.15, 0.2) is 24.3 Å². The average molecular weight is 306 g/mol. The van der Waals surface area contributed by atoms with Crippen LogP contribution in [0.5, 0.6) is 5.75 Å². The molecule has 0 spiro atoms. The number of hydrogen-bond donors (Lipinski definition) is 1. The summed E-state index contributed by atoms with van der Waals surface area (Å²) >= 11 is 0. The lowest BCUT2D eigenvalue weighted by atomic mass is 9.98. The van der Waals surface area contributed by atoms with Gasteiger partial charge in [0.2, 0.25) is 0 Å². The van der Waals surface area contributed by atoms with Gasteiger partial charge >= 0.3 is 12.0 Å². The molecule has 0 aromatic heterocycles. The van der Waals surface area contributed by atoms with E-state index >= 15 is 0 Å². The number of hydrogen-bond acceptors (Lipinski definition) is 4. The quantitative estimate of drug-likeness (QED) is 0.868. The normalized spacial score (nSPS) is 17.7. The molecule has 6 heteroatoms. The zero-order valence-electron chi connectivity index (χ0n) is 13.0. The number of ether oxygens (including phenoxy) is 2. The molecule has 1 aliphatic rings. The van der Waals surface area contributed by atoms with Gasteiger partial charge in [-0.15, -0.1) is 0 Å². The Kier molecular flexibility index (Phi) is 5.63. The van der Waals surface area contributed by atoms with Crippen LogP contribution in [0.4, 0.5) is 10.5 Å². The molecule has 1 aromatic rings. The van der Waals surface area contributed by atoms with Gasteiger partial charge in [0.05, 0.1) is 19.6 Å². The van der Waals surface area contributed by atoms with Crippen molar-refractivity contribution in [3.05, 3.63) is 24.3 Å². The Labute approximate surface area is 130 Å². The lowest BCUT2D eigenvalue weighted by Crippen LogP contribution is -2.44. The average Bonchev–Trinajstić information content (AvgIpc) is 2.56. The van der Waals surface area contributed by atoms with E-state index in [1.54, 1.807) is 43.2 Å². The molecule has 120 valence electrons. The summed E-state index contributed by atoms with van der Waals surface area (Å²) in [5.41, 5.74) is 0.698. The number of anilines is 1. The molecule has 0 saturated carbocycles. The largest absolute Gasteiger partial charge is 0.497 e. The summed E-state index contributed by atoms with van der Waals surface area (Å²) < 4.78 is 10.1. The van der Waals surface area contributed by atoms with Crippen molar-refractivity contribution >= 4 is 17.7 Å². The first-order valence-electron chi connectivity index (χ1n) is 7.50. The maximum Gasteiger partial charge on any atom is 0.321 e. The lowest BCUT2D eigenvalue weighted by molar-refractivity contribution is -0.149. The predicted molar refractivity (Wildman–Crippen MR) is 82.9 cm³/mol. The van der Waals surface area contributed by atoms with Crippen LogP contribution in [-0.4, -0.2) is 43.7 Å². The molecular weight excluding hydrogens is 284 g/mol. The van der Waals surface area contributed by atoms with Crippen molar-refractivity contribution < 1.29 is 19.1 Å². The van der Waals surface area contributed by atoms with Gasteiger partial charge in [0.1, 0.15) is 5.75 Å². The van der Waals surface area contributed by atoms with Crippen LogP contribution in [0.2, 0.25) is 0 Å². The molecule has 1 unspecified atom stereocenters. The molecule has 1 N–H and O–H groups in total. The predicted octanol–water partition coefficient (Wildman–Crippen LogP) is 2.50. The monoisotopic (exact) mass is 306 g/mol. The smallest absolute Gasteiger partial charge is 0.321 e. The highest BCUT2D eigenvalue weighted by Crippen LogP contribution is 2.20. The fourth-order valence-electron chi connectivity index (χ4n) is 2.49. The molecule has 1 aliphatic heterocycles. The van der Waals surface area contributed by atoms with Gasteiger partial charge in [-0.1, -0.05) is 0 Å². The second-order valence-corrected chi connectivity index (χ2v) is 5.20. The number of likely N-dealkylation sites (tertiary alicyclic amines) is 1. The Balaban J connectivity index is 1.92. The van der Waals surface area contributed by atoms with E-state index in [1.165, 1.54) is 0 Å². The van der Waals surface area contributed by atoms with Crippen LogP contribution >= 0.6 is 0 Å². The van der Waals surface area contributed by atoms with Gasteiger partial charge < -0.3 is 19.7 Å². The van der Waals surface area contributed by atoms with Crippen molar-refractivity contribution in [3.8, 4) is 5.75 Å². The number of esters is 1. The minimum Gasteiger partial charge on any atom is -0.497 e. The van der Waals surface area contributed by atoms with Crippen LogP contribution < -0.4 is 10.1 Å². The number of benzene rings is 1. The number of nitrogens with zero attached hydrogens (tertiary/aromatic N) is 1. The minimum atomic E-state index is -0.227. The molecule has 1 atom stereocenters. The number of methoxy groups -OCH3 is 1. The third-order valence-electron chi connectivity index (χ3n) is 3.67. The lowest BCUT2D eigenvalue weighted by Gasteiger charge is -2.31. The first kappa shape index (κ1) is 16.1. The standard InChI is InChI=1S/C16H22N2O4/c1-3-22-15(19)12-5-4-10-18(11-12)16(20)17-13-6-8-14(21-2)9-7-13/h6-9,12H,3-5,10-11H2,1-2H3,(H,17,20). The van der Waals surface area contributed by atoms with Gasteiger partial charge in [-0.2, -0.15) is 0 Å². The van der Waals surface area contributed by atoms with Crippen LogP contribution in [0, 0.1) is 5.92 Å². The third kappa shape index (κ3) is 4.13. The molecule has 0 bridgehead atoms. The maximum atomic E-state index is 12.3. The molecule has 6 nitrogen and oxygen atoms in total. The molecule has 1 saturated heterocycles. The molecule has 0 aliphatic carbocycles. The van der Waals surface area contributed by atoms with E-state index in [1.807, 2.05) is 0 Å². The fraction of sp³-hybridized carbons (Fsp3) is 0.500. The molecule has 22 heavy (non-hydrogen) atoms. The number of urea groups is 1. The SMILES string of the molecule is CCOC(=O)C1CCCN(C(=O)Nc2ccc(OC)cc2)C1. The van der Waals surface area contributed by atoms with Crippen molar-refractivity contribution in [2.24, 2.45) is 5.92 Å². The molecule has 2 amide bonds. The van der Waals surface area contributed by atoms with Gasteiger partial charge in [-0.25, -0.2) is 4.79 Å².